The molecule has 10 nitrogen and oxygen atoms in total. The molecule has 0 unspecified atom stereocenters. The molecule has 24 heavy (non-hydrogen) atoms. The van der Waals surface area contributed by atoms with Crippen molar-refractivity contribution in [2.75, 3.05) is 5.73 Å². The van der Waals surface area contributed by atoms with E-state index in [2.05, 4.69) is 0 Å². The number of hydrogen-bond acceptors (Lipinski definition) is 7. The molecule has 134 valence electrons. The zero-order chi connectivity index (χ0) is 17.8. The topological polar surface area (TPSA) is 189 Å². The third-order valence-electron chi connectivity index (χ3n) is 2.86. The Morgan fingerprint density at radius 2 is 1.12 bits per heavy atom. The molecule has 0 saturated carbocycles. The summed E-state index contributed by atoms with van der Waals surface area (Å²) in [4.78, 5) is -2.58. The van der Waals surface area contributed by atoms with E-state index in [1.54, 1.807) is 0 Å². The van der Waals surface area contributed by atoms with Crippen LogP contribution in [0.15, 0.2) is 39.0 Å². The molecule has 2 rings (SSSR count). The average Bonchev–Trinajstić information content (AvgIpc) is 2.33. The average molecular weight is 420 g/mol. The van der Waals surface area contributed by atoms with E-state index in [0.717, 1.165) is 18.2 Å². The van der Waals surface area contributed by atoms with Crippen molar-refractivity contribution in [3.8, 4) is 0 Å². The summed E-state index contributed by atoms with van der Waals surface area (Å²) in [5, 5.41) is -0.715. The van der Waals surface area contributed by atoms with E-state index >= 15 is 0 Å². The molecule has 0 saturated heterocycles. The summed E-state index contributed by atoms with van der Waals surface area (Å²) in [6.07, 6.45) is 0. The van der Waals surface area contributed by atoms with Crippen LogP contribution >= 0.6 is 12.4 Å². The largest absolute Gasteiger partial charge is 0.398 e. The molecule has 0 aliphatic carbocycles. The van der Waals surface area contributed by atoms with Crippen molar-refractivity contribution >= 4 is 59.2 Å². The fourth-order valence-electron chi connectivity index (χ4n) is 1.96. The molecule has 5 N–H and O–H groups in total. The molecule has 0 fully saturated rings. The van der Waals surface area contributed by atoms with Gasteiger partial charge in [-0.05, 0) is 29.7 Å². The second-order valence-corrected chi connectivity index (χ2v) is 8.69. The Hall–Kier alpha value is -1.48. The minimum atomic E-state index is -4.95. The molecule has 0 radical (unpaired) electrons. The Morgan fingerprint density at radius 3 is 1.50 bits per heavy atom. The molecule has 2 aromatic carbocycles. The number of rotatable bonds is 3. The van der Waals surface area contributed by atoms with E-state index in [1.807, 2.05) is 0 Å². The Balaban J connectivity index is 0.00000288. The van der Waals surface area contributed by atoms with Gasteiger partial charge < -0.3 is 5.73 Å². The molecule has 0 spiro atoms. The van der Waals surface area contributed by atoms with Crippen molar-refractivity contribution in [3.63, 3.8) is 0 Å². The molecule has 0 bridgehead atoms. The standard InChI is InChI=1S/C10H9NO9S3.ClH/c11-8-3-6(21(12,13)14)1-5-2-7(22(15,16)17)4-9(10(5)8)23(18,19)20;/h1-4H,11H2,(H,12,13,14)(H,15,16,17)(H,18,19,20);1H. The summed E-state index contributed by atoms with van der Waals surface area (Å²) >= 11 is 0. The van der Waals surface area contributed by atoms with Gasteiger partial charge in [-0.2, -0.15) is 25.3 Å². The minimum absolute atomic E-state index is 0. The van der Waals surface area contributed by atoms with Crippen LogP contribution in [-0.4, -0.2) is 38.9 Å². The third-order valence-corrected chi connectivity index (χ3v) is 5.40. The first-order chi connectivity index (χ1) is 10.2. The molecule has 0 atom stereocenters. The fourth-order valence-corrected chi connectivity index (χ4v) is 3.89. The maximum Gasteiger partial charge on any atom is 0.295 e. The van der Waals surface area contributed by atoms with Gasteiger partial charge in [-0.3, -0.25) is 13.7 Å². The lowest BCUT2D eigenvalue weighted by Gasteiger charge is -2.10. The summed E-state index contributed by atoms with van der Waals surface area (Å²) < 4.78 is 94.8. The van der Waals surface area contributed by atoms with Crippen molar-refractivity contribution in [2.24, 2.45) is 0 Å². The monoisotopic (exact) mass is 419 g/mol. The van der Waals surface area contributed by atoms with Crippen LogP contribution < -0.4 is 5.73 Å². The predicted molar refractivity (Wildman–Crippen MR) is 85.1 cm³/mol. The molecule has 2 aromatic rings. The highest BCUT2D eigenvalue weighted by molar-refractivity contribution is 7.87. The van der Waals surface area contributed by atoms with Crippen molar-refractivity contribution in [1.29, 1.82) is 0 Å². The predicted octanol–water partition coefficient (Wildman–Crippen LogP) is 0.584. The van der Waals surface area contributed by atoms with Gasteiger partial charge in [0.25, 0.3) is 30.4 Å². The Labute approximate surface area is 142 Å². The zero-order valence-electron chi connectivity index (χ0n) is 11.3. The van der Waals surface area contributed by atoms with Gasteiger partial charge in [-0.1, -0.05) is 0 Å². The first-order valence-electron chi connectivity index (χ1n) is 5.51. The number of anilines is 1. The number of fused-ring (bicyclic) bond motifs is 1. The van der Waals surface area contributed by atoms with Gasteiger partial charge in [0.1, 0.15) is 4.90 Å². The van der Waals surface area contributed by atoms with Crippen LogP contribution in [0.5, 0.6) is 0 Å². The van der Waals surface area contributed by atoms with Crippen LogP contribution in [0.3, 0.4) is 0 Å². The first-order valence-corrected chi connectivity index (χ1v) is 9.83. The summed E-state index contributed by atoms with van der Waals surface area (Å²) in [7, 11) is -14.5. The van der Waals surface area contributed by atoms with Crippen molar-refractivity contribution in [3.05, 3.63) is 24.3 Å². The van der Waals surface area contributed by atoms with Gasteiger partial charge >= 0.3 is 0 Å². The summed E-state index contributed by atoms with van der Waals surface area (Å²) in [5.74, 6) is 0. The highest BCUT2D eigenvalue weighted by atomic mass is 35.5. The Bertz CT molecular complexity index is 1130. The first kappa shape index (κ1) is 20.6. The van der Waals surface area contributed by atoms with Crippen molar-refractivity contribution < 1.29 is 38.9 Å². The van der Waals surface area contributed by atoms with Gasteiger partial charge in [-0.25, -0.2) is 0 Å². The number of nitrogens with two attached hydrogens (primary N) is 1. The smallest absolute Gasteiger partial charge is 0.295 e. The van der Waals surface area contributed by atoms with Crippen LogP contribution in [0.4, 0.5) is 5.69 Å². The number of hydrogen-bond donors (Lipinski definition) is 4. The Morgan fingerprint density at radius 1 is 0.708 bits per heavy atom. The van der Waals surface area contributed by atoms with Gasteiger partial charge in [0.15, 0.2) is 0 Å². The number of halogens is 1. The maximum absolute atomic E-state index is 11.4. The van der Waals surface area contributed by atoms with Crippen LogP contribution in [0.25, 0.3) is 10.8 Å². The van der Waals surface area contributed by atoms with Gasteiger partial charge in [0, 0.05) is 11.1 Å². The molecule has 0 heterocycles. The van der Waals surface area contributed by atoms with E-state index in [1.165, 1.54) is 0 Å². The van der Waals surface area contributed by atoms with Crippen molar-refractivity contribution in [2.45, 2.75) is 14.7 Å². The second-order valence-electron chi connectivity index (χ2n) is 4.46. The van der Waals surface area contributed by atoms with E-state index < -0.39 is 50.7 Å². The molecular weight excluding hydrogens is 410 g/mol. The summed E-state index contributed by atoms with van der Waals surface area (Å²) in [5.41, 5.74) is 5.09. The summed E-state index contributed by atoms with van der Waals surface area (Å²) in [6, 6.07) is 2.69. The van der Waals surface area contributed by atoms with E-state index in [0.29, 0.717) is 6.07 Å². The van der Waals surface area contributed by atoms with Crippen LogP contribution in [0.1, 0.15) is 0 Å². The van der Waals surface area contributed by atoms with Crippen LogP contribution in [0, 0.1) is 0 Å². The van der Waals surface area contributed by atoms with Crippen LogP contribution in [-0.2, 0) is 30.4 Å². The SMILES string of the molecule is Cl.Nc1cc(S(=O)(=O)O)cc2cc(S(=O)(=O)O)cc(S(=O)(=O)O)c12. The molecule has 0 aliphatic heterocycles. The van der Waals surface area contributed by atoms with E-state index in [9.17, 15) is 29.8 Å². The third kappa shape index (κ3) is 3.94. The zero-order valence-corrected chi connectivity index (χ0v) is 14.6. The van der Waals surface area contributed by atoms with E-state index in [-0.39, 0.29) is 23.2 Å². The highest BCUT2D eigenvalue weighted by Crippen LogP contribution is 2.33. The minimum Gasteiger partial charge on any atom is -0.398 e. The number of nitrogen functional groups attached to an aromatic ring is 1. The molecular formula is C10H10ClNO9S3. The lowest BCUT2D eigenvalue weighted by atomic mass is 10.1. The molecule has 0 aromatic heterocycles. The Kier molecular flexibility index (Phi) is 5.23. The van der Waals surface area contributed by atoms with Crippen molar-refractivity contribution in [1.82, 2.24) is 0 Å². The fraction of sp³-hybridized carbons (Fsp3) is 0. The van der Waals surface area contributed by atoms with Gasteiger partial charge in [0.05, 0.1) is 9.79 Å². The second kappa shape index (κ2) is 6.11. The van der Waals surface area contributed by atoms with Crippen LogP contribution in [0.2, 0.25) is 0 Å². The van der Waals surface area contributed by atoms with Gasteiger partial charge in [-0.15, -0.1) is 12.4 Å². The maximum atomic E-state index is 11.4. The lowest BCUT2D eigenvalue weighted by Crippen LogP contribution is -2.07. The molecule has 0 aliphatic rings. The molecule has 0 amide bonds. The lowest BCUT2D eigenvalue weighted by molar-refractivity contribution is 0.480. The quantitative estimate of drug-likeness (QED) is 0.404. The number of benzene rings is 2. The van der Waals surface area contributed by atoms with E-state index in [4.69, 9.17) is 14.8 Å². The summed E-state index contributed by atoms with van der Waals surface area (Å²) in [6.45, 7) is 0. The van der Waals surface area contributed by atoms with Gasteiger partial charge in [0.2, 0.25) is 0 Å². The highest BCUT2D eigenvalue weighted by Gasteiger charge is 2.23. The molecule has 14 heteroatoms. The normalized spacial score (nSPS) is 12.8.